The van der Waals surface area contributed by atoms with Crippen LogP contribution >= 0.6 is 23.9 Å². The van der Waals surface area contributed by atoms with Crippen LogP contribution in [0.15, 0.2) is 5.38 Å². The number of halogens is 1. The lowest BCUT2D eigenvalue weighted by Gasteiger charge is -2.33. The zero-order valence-corrected chi connectivity index (χ0v) is 9.98. The number of amides is 1. The topological polar surface area (TPSA) is 58.1 Å². The lowest BCUT2D eigenvalue weighted by molar-refractivity contribution is 0.0649. The Kier molecular flexibility index (Phi) is 4.44. The van der Waals surface area contributed by atoms with Gasteiger partial charge in [0, 0.05) is 31.1 Å². The number of rotatable bonds is 1. The molecule has 2 rings (SSSR count). The molecule has 1 amide bonds. The predicted octanol–water partition coefficient (Wildman–Crippen LogP) is 0.394. The Hall–Kier alpha value is -0.720. The van der Waals surface area contributed by atoms with Gasteiger partial charge in [0.25, 0.3) is 5.91 Å². The van der Waals surface area contributed by atoms with Crippen molar-refractivity contribution in [2.45, 2.75) is 13.0 Å². The molecule has 15 heavy (non-hydrogen) atoms. The van der Waals surface area contributed by atoms with E-state index in [1.807, 2.05) is 11.8 Å². The van der Waals surface area contributed by atoms with Crippen LogP contribution in [-0.4, -0.2) is 46.1 Å². The van der Waals surface area contributed by atoms with Gasteiger partial charge < -0.3 is 10.2 Å². The van der Waals surface area contributed by atoms with Gasteiger partial charge in [0.1, 0.15) is 0 Å². The smallest absolute Gasteiger partial charge is 0.275 e. The van der Waals surface area contributed by atoms with Gasteiger partial charge in [0.15, 0.2) is 5.69 Å². The molecule has 0 bridgehead atoms. The maximum atomic E-state index is 11.9. The molecule has 1 aromatic heterocycles. The Morgan fingerprint density at radius 3 is 3.13 bits per heavy atom. The van der Waals surface area contributed by atoms with Crippen LogP contribution in [-0.2, 0) is 0 Å². The van der Waals surface area contributed by atoms with E-state index in [0.717, 1.165) is 19.6 Å². The minimum absolute atomic E-state index is 0. The summed E-state index contributed by atoms with van der Waals surface area (Å²) >= 11 is 1.21. The normalized spacial score (nSPS) is 20.9. The van der Waals surface area contributed by atoms with E-state index in [9.17, 15) is 4.79 Å². The molecular weight excluding hydrogens is 236 g/mol. The van der Waals surface area contributed by atoms with Gasteiger partial charge in [-0.15, -0.1) is 17.5 Å². The van der Waals surface area contributed by atoms with Gasteiger partial charge >= 0.3 is 0 Å². The molecule has 84 valence electrons. The highest BCUT2D eigenvalue weighted by Gasteiger charge is 2.25. The molecule has 0 aromatic carbocycles. The number of nitrogens with one attached hydrogen (secondary N) is 1. The molecule has 0 unspecified atom stereocenters. The van der Waals surface area contributed by atoms with Crippen LogP contribution in [0, 0.1) is 0 Å². The molecular formula is C8H13ClN4OS. The van der Waals surface area contributed by atoms with Crippen molar-refractivity contribution in [3.05, 3.63) is 11.1 Å². The number of piperazine rings is 1. The van der Waals surface area contributed by atoms with Crippen molar-refractivity contribution in [3.8, 4) is 0 Å². The molecule has 0 radical (unpaired) electrons. The molecule has 1 saturated heterocycles. The van der Waals surface area contributed by atoms with Crippen molar-refractivity contribution in [2.75, 3.05) is 19.6 Å². The Labute approximate surface area is 98.4 Å². The number of nitrogens with zero attached hydrogens (tertiary/aromatic N) is 3. The van der Waals surface area contributed by atoms with Gasteiger partial charge in [-0.05, 0) is 18.5 Å². The van der Waals surface area contributed by atoms with Crippen molar-refractivity contribution in [1.29, 1.82) is 0 Å². The van der Waals surface area contributed by atoms with E-state index < -0.39 is 0 Å². The summed E-state index contributed by atoms with van der Waals surface area (Å²) in [5.74, 6) is -0.00671. The Balaban J connectivity index is 0.00000112. The van der Waals surface area contributed by atoms with Crippen LogP contribution in [0.4, 0.5) is 0 Å². The molecule has 7 heteroatoms. The zero-order valence-electron chi connectivity index (χ0n) is 8.34. The summed E-state index contributed by atoms with van der Waals surface area (Å²) in [5.41, 5.74) is 0.462. The summed E-state index contributed by atoms with van der Waals surface area (Å²) in [7, 11) is 0. The van der Waals surface area contributed by atoms with E-state index in [1.54, 1.807) is 5.38 Å². The second-order valence-electron chi connectivity index (χ2n) is 3.34. The quantitative estimate of drug-likeness (QED) is 0.782. The molecule has 0 spiro atoms. The summed E-state index contributed by atoms with van der Waals surface area (Å²) in [5, 5.41) is 8.71. The lowest BCUT2D eigenvalue weighted by atomic mass is 10.2. The average molecular weight is 249 g/mol. The van der Waals surface area contributed by atoms with E-state index >= 15 is 0 Å². The van der Waals surface area contributed by atoms with Crippen molar-refractivity contribution in [3.63, 3.8) is 0 Å². The standard InChI is InChI=1S/C8H12N4OS.ClH/c1-6-4-9-2-3-12(6)8(13)7-5-14-11-10-7;/h5-6,9H,2-4H2,1H3;1H/t6-;/m1./s1. The fourth-order valence-electron chi connectivity index (χ4n) is 1.55. The number of hydrogen-bond donors (Lipinski definition) is 1. The molecule has 1 atom stereocenters. The highest BCUT2D eigenvalue weighted by molar-refractivity contribution is 7.03. The van der Waals surface area contributed by atoms with Crippen LogP contribution in [0.1, 0.15) is 17.4 Å². The SMILES string of the molecule is C[C@@H]1CNCCN1C(=O)c1csnn1.Cl. The third-order valence-electron chi connectivity index (χ3n) is 2.34. The van der Waals surface area contributed by atoms with Crippen molar-refractivity contribution < 1.29 is 4.79 Å². The lowest BCUT2D eigenvalue weighted by Crippen LogP contribution is -2.52. The van der Waals surface area contributed by atoms with Crippen LogP contribution in [0.25, 0.3) is 0 Å². The summed E-state index contributed by atoms with van der Waals surface area (Å²) in [6.07, 6.45) is 0. The van der Waals surface area contributed by atoms with Gasteiger partial charge in [0.2, 0.25) is 0 Å². The van der Waals surface area contributed by atoms with Crippen molar-refractivity contribution in [2.24, 2.45) is 0 Å². The predicted molar refractivity (Wildman–Crippen MR) is 60.5 cm³/mol. The summed E-state index contributed by atoms with van der Waals surface area (Å²) in [6, 6.07) is 0.234. The molecule has 1 aliphatic rings. The van der Waals surface area contributed by atoms with Crippen LogP contribution in [0.2, 0.25) is 0 Å². The molecule has 2 heterocycles. The third kappa shape index (κ3) is 2.64. The second-order valence-corrected chi connectivity index (χ2v) is 3.95. The largest absolute Gasteiger partial charge is 0.332 e. The zero-order chi connectivity index (χ0) is 9.97. The maximum absolute atomic E-state index is 11.9. The Morgan fingerprint density at radius 2 is 2.53 bits per heavy atom. The molecule has 5 nitrogen and oxygen atoms in total. The first-order chi connectivity index (χ1) is 6.79. The van der Waals surface area contributed by atoms with Crippen molar-refractivity contribution >= 4 is 29.8 Å². The third-order valence-corrected chi connectivity index (χ3v) is 2.85. The Morgan fingerprint density at radius 1 is 1.73 bits per heavy atom. The second kappa shape index (κ2) is 5.39. The minimum atomic E-state index is -0.00671. The van der Waals surface area contributed by atoms with Gasteiger partial charge in [-0.25, -0.2) is 0 Å². The van der Waals surface area contributed by atoms with Crippen LogP contribution < -0.4 is 5.32 Å². The molecule has 1 N–H and O–H groups in total. The summed E-state index contributed by atoms with van der Waals surface area (Å²) in [6.45, 7) is 4.48. The van der Waals surface area contributed by atoms with E-state index in [-0.39, 0.29) is 24.4 Å². The van der Waals surface area contributed by atoms with Gasteiger partial charge in [0.05, 0.1) is 0 Å². The monoisotopic (exact) mass is 248 g/mol. The fraction of sp³-hybridized carbons (Fsp3) is 0.625. The molecule has 1 fully saturated rings. The number of carbonyl (C=O) groups is 1. The minimum Gasteiger partial charge on any atom is -0.332 e. The highest BCUT2D eigenvalue weighted by Crippen LogP contribution is 2.08. The molecule has 1 aliphatic heterocycles. The van der Waals surface area contributed by atoms with Gasteiger partial charge in [-0.1, -0.05) is 4.49 Å². The van der Waals surface area contributed by atoms with Gasteiger partial charge in [-0.3, -0.25) is 4.79 Å². The van der Waals surface area contributed by atoms with Gasteiger partial charge in [-0.2, -0.15) is 0 Å². The number of hydrogen-bond acceptors (Lipinski definition) is 5. The highest BCUT2D eigenvalue weighted by atomic mass is 35.5. The fourth-order valence-corrected chi connectivity index (χ4v) is 1.98. The molecule has 1 aromatic rings. The van der Waals surface area contributed by atoms with E-state index in [2.05, 4.69) is 14.9 Å². The van der Waals surface area contributed by atoms with Crippen LogP contribution in [0.5, 0.6) is 0 Å². The van der Waals surface area contributed by atoms with Crippen LogP contribution in [0.3, 0.4) is 0 Å². The first-order valence-electron chi connectivity index (χ1n) is 4.58. The summed E-state index contributed by atoms with van der Waals surface area (Å²) in [4.78, 5) is 13.7. The summed E-state index contributed by atoms with van der Waals surface area (Å²) < 4.78 is 3.69. The first-order valence-corrected chi connectivity index (χ1v) is 5.41. The Bertz CT molecular complexity index is 318. The van der Waals surface area contributed by atoms with E-state index in [1.165, 1.54) is 11.5 Å². The molecule has 0 saturated carbocycles. The van der Waals surface area contributed by atoms with E-state index in [0.29, 0.717) is 5.69 Å². The number of carbonyl (C=O) groups excluding carboxylic acids is 1. The maximum Gasteiger partial charge on any atom is 0.275 e. The first kappa shape index (κ1) is 12.4. The van der Waals surface area contributed by atoms with Crippen molar-refractivity contribution in [1.82, 2.24) is 19.8 Å². The average Bonchev–Trinajstić information content (AvgIpc) is 2.70. The van der Waals surface area contributed by atoms with E-state index in [4.69, 9.17) is 0 Å². The number of aromatic nitrogens is 2. The molecule has 0 aliphatic carbocycles.